The average Bonchev–Trinajstić information content (AvgIpc) is 3.37. The molecule has 10 nitrogen and oxygen atoms in total. The van der Waals surface area contributed by atoms with Crippen molar-refractivity contribution in [2.45, 2.75) is 56.3 Å². The number of ether oxygens (including phenoxy) is 1. The van der Waals surface area contributed by atoms with Gasteiger partial charge < -0.3 is 10.1 Å². The number of aromatic nitrogens is 3. The summed E-state index contributed by atoms with van der Waals surface area (Å²) in [6.07, 6.45) is 5.06. The number of amides is 1. The summed E-state index contributed by atoms with van der Waals surface area (Å²) >= 11 is 12.1. The zero-order chi connectivity index (χ0) is 28.6. The topological polar surface area (TPSA) is 110 Å². The van der Waals surface area contributed by atoms with Gasteiger partial charge in [0.25, 0.3) is 10.0 Å². The summed E-state index contributed by atoms with van der Waals surface area (Å²) in [4.78, 5) is 15.0. The van der Waals surface area contributed by atoms with Crippen LogP contribution in [0.2, 0.25) is 10.0 Å². The second-order valence-corrected chi connectivity index (χ2v) is 12.9. The van der Waals surface area contributed by atoms with Gasteiger partial charge in [-0.3, -0.25) is 14.0 Å². The fourth-order valence-corrected chi connectivity index (χ4v) is 6.93. The Labute approximate surface area is 243 Å². The molecule has 2 aliphatic heterocycles. The van der Waals surface area contributed by atoms with Crippen molar-refractivity contribution in [3.8, 4) is 5.75 Å². The van der Waals surface area contributed by atoms with Crippen molar-refractivity contribution in [2.75, 3.05) is 13.7 Å². The predicted molar refractivity (Wildman–Crippen MR) is 152 cm³/mol. The molecular formula is C27H30Cl2N6O4S. The van der Waals surface area contributed by atoms with Crippen LogP contribution in [-0.4, -0.2) is 64.3 Å². The first-order chi connectivity index (χ1) is 19.0. The molecule has 13 heteroatoms. The van der Waals surface area contributed by atoms with Crippen molar-refractivity contribution in [1.29, 1.82) is 0 Å². The van der Waals surface area contributed by atoms with Gasteiger partial charge in [0.05, 0.1) is 23.2 Å². The summed E-state index contributed by atoms with van der Waals surface area (Å²) in [6, 6.07) is 9.51. The van der Waals surface area contributed by atoms with Gasteiger partial charge in [0.15, 0.2) is 0 Å². The molecular weight excluding hydrogens is 575 g/mol. The van der Waals surface area contributed by atoms with Crippen LogP contribution in [0, 0.1) is 0 Å². The lowest BCUT2D eigenvalue weighted by atomic mass is 9.98. The van der Waals surface area contributed by atoms with E-state index in [0.29, 0.717) is 24.8 Å². The summed E-state index contributed by atoms with van der Waals surface area (Å²) in [6.45, 7) is 5.65. The monoisotopic (exact) mass is 604 g/mol. The largest absolute Gasteiger partial charge is 0.493 e. The summed E-state index contributed by atoms with van der Waals surface area (Å²) in [5, 5.41) is 11.6. The van der Waals surface area contributed by atoms with Crippen molar-refractivity contribution < 1.29 is 17.9 Å². The number of fused-ring (bicyclic) bond motifs is 1. The van der Waals surface area contributed by atoms with Crippen LogP contribution in [0.1, 0.15) is 43.1 Å². The first kappa shape index (κ1) is 28.4. The smallest absolute Gasteiger partial charge is 0.264 e. The Kier molecular flexibility index (Phi) is 8.10. The standard InChI is InChI=1S/C27H30Cl2N6O4S/c1-17(2)33(3)15-18-4-5-23-24(6-9-39-26(23)10-18)34-16-21(31-32-34)14-25-27(36)30-7-8-35(25)40(37,38)22-12-19(28)11-20(29)13-22/h4-5,7-8,10-13,16-17,24-25H,6,9,14-15H2,1-3H3,(H,30,36). The Hall–Kier alpha value is -3.12. The number of hydrogen-bond acceptors (Lipinski definition) is 7. The predicted octanol–water partition coefficient (Wildman–Crippen LogP) is 4.00. The zero-order valence-corrected chi connectivity index (χ0v) is 24.6. The highest BCUT2D eigenvalue weighted by atomic mass is 35.5. The maximum absolute atomic E-state index is 13.5. The number of rotatable bonds is 8. The first-order valence-electron chi connectivity index (χ1n) is 12.9. The second-order valence-electron chi connectivity index (χ2n) is 10.2. The highest BCUT2D eigenvalue weighted by Gasteiger charge is 2.37. The van der Waals surface area contributed by atoms with Crippen LogP contribution in [0.25, 0.3) is 0 Å². The molecule has 0 radical (unpaired) electrons. The molecule has 0 aliphatic carbocycles. The summed E-state index contributed by atoms with van der Waals surface area (Å²) < 4.78 is 35.7. The van der Waals surface area contributed by atoms with E-state index in [1.165, 1.54) is 30.6 Å². The summed E-state index contributed by atoms with van der Waals surface area (Å²) in [5.41, 5.74) is 2.63. The van der Waals surface area contributed by atoms with Crippen LogP contribution in [-0.2, 0) is 27.8 Å². The number of benzene rings is 2. The molecule has 5 rings (SSSR count). The number of carbonyl (C=O) groups excluding carboxylic acids is 1. The summed E-state index contributed by atoms with van der Waals surface area (Å²) in [5.74, 6) is 0.334. The van der Waals surface area contributed by atoms with Gasteiger partial charge in [0.1, 0.15) is 11.8 Å². The number of halogens is 2. The van der Waals surface area contributed by atoms with E-state index in [-0.39, 0.29) is 27.4 Å². The van der Waals surface area contributed by atoms with Gasteiger partial charge >= 0.3 is 0 Å². The molecule has 212 valence electrons. The normalized spacial score (nSPS) is 19.1. The van der Waals surface area contributed by atoms with E-state index >= 15 is 0 Å². The Morgan fingerprint density at radius 1 is 1.18 bits per heavy atom. The Morgan fingerprint density at radius 2 is 1.93 bits per heavy atom. The van der Waals surface area contributed by atoms with E-state index in [2.05, 4.69) is 59.6 Å². The molecule has 1 N–H and O–H groups in total. The van der Waals surface area contributed by atoms with E-state index in [1.54, 1.807) is 10.9 Å². The molecule has 0 spiro atoms. The minimum Gasteiger partial charge on any atom is -0.493 e. The molecule has 0 fully saturated rings. The molecule has 40 heavy (non-hydrogen) atoms. The van der Waals surface area contributed by atoms with Crippen LogP contribution in [0.5, 0.6) is 5.75 Å². The molecule has 1 aromatic heterocycles. The van der Waals surface area contributed by atoms with Gasteiger partial charge in [-0.15, -0.1) is 5.10 Å². The molecule has 0 bridgehead atoms. The molecule has 2 aliphatic rings. The average molecular weight is 606 g/mol. The molecule has 1 amide bonds. The maximum atomic E-state index is 13.5. The molecule has 3 aromatic rings. The third-order valence-corrected chi connectivity index (χ3v) is 9.35. The van der Waals surface area contributed by atoms with Gasteiger partial charge in [0, 0.05) is 59.6 Å². The van der Waals surface area contributed by atoms with E-state index in [9.17, 15) is 13.2 Å². The van der Waals surface area contributed by atoms with E-state index in [1.807, 2.05) is 0 Å². The lowest BCUT2D eigenvalue weighted by Gasteiger charge is -2.31. The van der Waals surface area contributed by atoms with Gasteiger partial charge in [-0.05, 0) is 50.7 Å². The maximum Gasteiger partial charge on any atom is 0.264 e. The van der Waals surface area contributed by atoms with Crippen molar-refractivity contribution in [3.05, 3.63) is 81.9 Å². The molecule has 0 saturated heterocycles. The molecule has 3 heterocycles. The lowest BCUT2D eigenvalue weighted by Crippen LogP contribution is -2.50. The number of sulfonamides is 1. The minimum atomic E-state index is -4.14. The highest BCUT2D eigenvalue weighted by Crippen LogP contribution is 2.35. The first-order valence-corrected chi connectivity index (χ1v) is 15.1. The molecule has 2 atom stereocenters. The van der Waals surface area contributed by atoms with Crippen molar-refractivity contribution in [3.63, 3.8) is 0 Å². The van der Waals surface area contributed by atoms with E-state index in [0.717, 1.165) is 27.7 Å². The second kappa shape index (κ2) is 11.4. The Balaban J connectivity index is 1.38. The van der Waals surface area contributed by atoms with Crippen LogP contribution >= 0.6 is 23.2 Å². The van der Waals surface area contributed by atoms with E-state index in [4.69, 9.17) is 27.9 Å². The highest BCUT2D eigenvalue weighted by molar-refractivity contribution is 7.89. The number of nitrogens with zero attached hydrogens (tertiary/aromatic N) is 5. The number of nitrogens with one attached hydrogen (secondary N) is 1. The SMILES string of the molecule is CC(C)N(C)Cc1ccc2c(c1)OCCC2n1cc(CC2C(=O)NC=CN2S(=O)(=O)c2cc(Cl)cc(Cl)c2)nn1. The Bertz CT molecular complexity index is 1540. The van der Waals surface area contributed by atoms with Crippen LogP contribution in [0.4, 0.5) is 0 Å². The fourth-order valence-electron chi connectivity index (χ4n) is 4.75. The zero-order valence-electron chi connectivity index (χ0n) is 22.3. The van der Waals surface area contributed by atoms with Gasteiger partial charge in [-0.1, -0.05) is 40.5 Å². The third-order valence-electron chi connectivity index (χ3n) is 7.15. The van der Waals surface area contributed by atoms with Crippen LogP contribution < -0.4 is 10.1 Å². The van der Waals surface area contributed by atoms with Gasteiger partial charge in [-0.2, -0.15) is 0 Å². The fraction of sp³-hybridized carbons (Fsp3) is 0.370. The van der Waals surface area contributed by atoms with Crippen molar-refractivity contribution in [2.24, 2.45) is 0 Å². The lowest BCUT2D eigenvalue weighted by molar-refractivity contribution is -0.124. The third kappa shape index (κ3) is 5.83. The van der Waals surface area contributed by atoms with Gasteiger partial charge in [0.2, 0.25) is 5.91 Å². The quantitative estimate of drug-likeness (QED) is 0.414. The van der Waals surface area contributed by atoms with E-state index < -0.39 is 22.0 Å². The minimum absolute atomic E-state index is 0.0141. The van der Waals surface area contributed by atoms with Crippen LogP contribution in [0.3, 0.4) is 0 Å². The molecule has 0 saturated carbocycles. The number of hydrogen-bond donors (Lipinski definition) is 1. The number of carbonyl (C=O) groups is 1. The van der Waals surface area contributed by atoms with Gasteiger partial charge in [-0.25, -0.2) is 13.1 Å². The van der Waals surface area contributed by atoms with Crippen molar-refractivity contribution in [1.82, 2.24) is 29.5 Å². The Morgan fingerprint density at radius 3 is 2.65 bits per heavy atom. The van der Waals surface area contributed by atoms with Crippen LogP contribution in [0.15, 0.2) is 59.9 Å². The van der Waals surface area contributed by atoms with Crippen molar-refractivity contribution >= 4 is 39.1 Å². The molecule has 2 unspecified atom stereocenters. The summed E-state index contributed by atoms with van der Waals surface area (Å²) in [7, 11) is -2.05. The molecule has 2 aromatic carbocycles.